The lowest BCUT2D eigenvalue weighted by atomic mass is 10.0. The zero-order valence-electron chi connectivity index (χ0n) is 17.3. The SMILES string of the molecule is NC(=O)c1ccc(-c2cncc(C(=O)NC3CCN(Cc4ccccc4)CC3)c2)cc1. The van der Waals surface area contributed by atoms with Gasteiger partial charge in [-0.25, -0.2) is 0 Å². The Morgan fingerprint density at radius 2 is 1.65 bits per heavy atom. The number of pyridine rings is 1. The lowest BCUT2D eigenvalue weighted by Gasteiger charge is -2.32. The van der Waals surface area contributed by atoms with Crippen molar-refractivity contribution in [1.82, 2.24) is 15.2 Å². The third-order valence-electron chi connectivity index (χ3n) is 5.67. The third kappa shape index (κ3) is 5.35. The highest BCUT2D eigenvalue weighted by Gasteiger charge is 2.21. The van der Waals surface area contributed by atoms with Crippen LogP contribution in [0.5, 0.6) is 0 Å². The molecular formula is C25H26N4O2. The molecule has 6 heteroatoms. The number of nitrogens with zero attached hydrogens (tertiary/aromatic N) is 2. The van der Waals surface area contributed by atoms with Gasteiger partial charge in [0.25, 0.3) is 5.91 Å². The molecule has 1 saturated heterocycles. The molecule has 3 aromatic rings. The van der Waals surface area contributed by atoms with Gasteiger partial charge < -0.3 is 11.1 Å². The van der Waals surface area contributed by atoms with Crippen molar-refractivity contribution >= 4 is 11.8 Å². The molecule has 0 aliphatic carbocycles. The van der Waals surface area contributed by atoms with Gasteiger partial charge in [-0.3, -0.25) is 19.5 Å². The average Bonchev–Trinajstić information content (AvgIpc) is 2.81. The molecule has 0 spiro atoms. The molecule has 31 heavy (non-hydrogen) atoms. The molecule has 1 aliphatic heterocycles. The van der Waals surface area contributed by atoms with E-state index in [-0.39, 0.29) is 11.9 Å². The van der Waals surface area contributed by atoms with Crippen LogP contribution in [0.15, 0.2) is 73.1 Å². The Kier molecular flexibility index (Phi) is 6.38. The van der Waals surface area contributed by atoms with E-state index in [1.54, 1.807) is 36.7 Å². The molecule has 0 bridgehead atoms. The Morgan fingerprint density at radius 3 is 2.32 bits per heavy atom. The first-order valence-electron chi connectivity index (χ1n) is 10.5. The maximum absolute atomic E-state index is 12.8. The lowest BCUT2D eigenvalue weighted by molar-refractivity contribution is 0.0908. The Hall–Kier alpha value is -3.51. The molecule has 3 N–H and O–H groups in total. The van der Waals surface area contributed by atoms with Crippen molar-refractivity contribution in [3.8, 4) is 11.1 Å². The number of likely N-dealkylation sites (tertiary alicyclic amines) is 1. The topological polar surface area (TPSA) is 88.3 Å². The van der Waals surface area contributed by atoms with Crippen LogP contribution in [0.1, 0.15) is 39.1 Å². The van der Waals surface area contributed by atoms with E-state index in [4.69, 9.17) is 5.73 Å². The van der Waals surface area contributed by atoms with E-state index in [0.29, 0.717) is 11.1 Å². The van der Waals surface area contributed by atoms with Gasteiger partial charge in [0, 0.05) is 49.2 Å². The first-order valence-corrected chi connectivity index (χ1v) is 10.5. The summed E-state index contributed by atoms with van der Waals surface area (Å²) in [4.78, 5) is 30.7. The minimum Gasteiger partial charge on any atom is -0.366 e. The van der Waals surface area contributed by atoms with Gasteiger partial charge in [-0.1, -0.05) is 42.5 Å². The zero-order chi connectivity index (χ0) is 21.6. The number of benzene rings is 2. The predicted octanol–water partition coefficient (Wildman–Crippen LogP) is 3.24. The fourth-order valence-corrected chi connectivity index (χ4v) is 3.89. The number of carbonyl (C=O) groups excluding carboxylic acids is 2. The average molecular weight is 415 g/mol. The van der Waals surface area contributed by atoms with Gasteiger partial charge in [0.15, 0.2) is 0 Å². The maximum Gasteiger partial charge on any atom is 0.253 e. The van der Waals surface area contributed by atoms with Crippen LogP contribution >= 0.6 is 0 Å². The molecule has 6 nitrogen and oxygen atoms in total. The molecule has 1 aromatic heterocycles. The molecule has 0 radical (unpaired) electrons. The number of nitrogens with one attached hydrogen (secondary N) is 1. The number of hydrogen-bond donors (Lipinski definition) is 2. The first-order chi connectivity index (χ1) is 15.1. The van der Waals surface area contributed by atoms with Gasteiger partial charge >= 0.3 is 0 Å². The second kappa shape index (κ2) is 9.53. The van der Waals surface area contributed by atoms with Crippen LogP contribution < -0.4 is 11.1 Å². The third-order valence-corrected chi connectivity index (χ3v) is 5.67. The summed E-state index contributed by atoms with van der Waals surface area (Å²) in [7, 11) is 0. The summed E-state index contributed by atoms with van der Waals surface area (Å²) in [6, 6.07) is 19.4. The number of piperidine rings is 1. The Morgan fingerprint density at radius 1 is 0.935 bits per heavy atom. The first kappa shape index (κ1) is 20.8. The number of primary amides is 1. The van der Waals surface area contributed by atoms with E-state index in [9.17, 15) is 9.59 Å². The summed E-state index contributed by atoms with van der Waals surface area (Å²) in [5, 5.41) is 3.16. The molecule has 0 saturated carbocycles. The second-order valence-corrected chi connectivity index (χ2v) is 7.91. The Labute approximate surface area is 182 Å². The molecule has 0 unspecified atom stereocenters. The van der Waals surface area contributed by atoms with Crippen molar-refractivity contribution in [2.24, 2.45) is 5.73 Å². The molecule has 158 valence electrons. The summed E-state index contributed by atoms with van der Waals surface area (Å²) in [6.45, 7) is 2.87. The molecule has 2 heterocycles. The largest absolute Gasteiger partial charge is 0.366 e. The molecule has 4 rings (SSSR count). The molecule has 2 amide bonds. The summed E-state index contributed by atoms with van der Waals surface area (Å²) < 4.78 is 0. The van der Waals surface area contributed by atoms with E-state index in [1.165, 1.54) is 5.56 Å². The van der Waals surface area contributed by atoms with E-state index in [1.807, 2.05) is 12.1 Å². The van der Waals surface area contributed by atoms with Crippen LogP contribution in [0, 0.1) is 0 Å². The van der Waals surface area contributed by atoms with Crippen molar-refractivity contribution in [3.63, 3.8) is 0 Å². The highest BCUT2D eigenvalue weighted by molar-refractivity contribution is 5.95. The van der Waals surface area contributed by atoms with Crippen LogP contribution in [-0.4, -0.2) is 40.8 Å². The number of aromatic nitrogens is 1. The number of amides is 2. The predicted molar refractivity (Wildman–Crippen MR) is 120 cm³/mol. The molecule has 2 aromatic carbocycles. The van der Waals surface area contributed by atoms with E-state index >= 15 is 0 Å². The van der Waals surface area contributed by atoms with Crippen LogP contribution in [-0.2, 0) is 6.54 Å². The number of carbonyl (C=O) groups is 2. The summed E-state index contributed by atoms with van der Waals surface area (Å²) in [6.07, 6.45) is 5.15. The highest BCUT2D eigenvalue weighted by Crippen LogP contribution is 2.21. The van der Waals surface area contributed by atoms with Crippen molar-refractivity contribution in [2.75, 3.05) is 13.1 Å². The minimum absolute atomic E-state index is 0.107. The molecular weight excluding hydrogens is 388 g/mol. The van der Waals surface area contributed by atoms with Crippen molar-refractivity contribution in [2.45, 2.75) is 25.4 Å². The van der Waals surface area contributed by atoms with Gasteiger partial charge in [0.2, 0.25) is 5.91 Å². The molecule has 1 fully saturated rings. The summed E-state index contributed by atoms with van der Waals surface area (Å²) >= 11 is 0. The fraction of sp³-hybridized carbons (Fsp3) is 0.240. The molecule has 0 atom stereocenters. The maximum atomic E-state index is 12.8. The van der Waals surface area contributed by atoms with Crippen LogP contribution in [0.4, 0.5) is 0 Å². The van der Waals surface area contributed by atoms with Crippen molar-refractivity contribution in [1.29, 1.82) is 0 Å². The van der Waals surface area contributed by atoms with E-state index in [2.05, 4.69) is 39.5 Å². The van der Waals surface area contributed by atoms with Gasteiger partial charge in [0.1, 0.15) is 0 Å². The van der Waals surface area contributed by atoms with Gasteiger partial charge in [0.05, 0.1) is 5.56 Å². The Bertz CT molecular complexity index is 1040. The quantitative estimate of drug-likeness (QED) is 0.648. The standard InChI is InChI=1S/C25H26N4O2/c26-24(30)20-8-6-19(7-9-20)21-14-22(16-27-15-21)25(31)28-23-10-12-29(13-11-23)17-18-4-2-1-3-5-18/h1-9,14-16,23H,10-13,17H2,(H2,26,30)(H,28,31). The molecule has 1 aliphatic rings. The highest BCUT2D eigenvalue weighted by atomic mass is 16.2. The fourth-order valence-electron chi connectivity index (χ4n) is 3.89. The number of hydrogen-bond acceptors (Lipinski definition) is 4. The van der Waals surface area contributed by atoms with Crippen molar-refractivity contribution < 1.29 is 9.59 Å². The van der Waals surface area contributed by atoms with E-state index < -0.39 is 5.91 Å². The zero-order valence-corrected chi connectivity index (χ0v) is 17.3. The van der Waals surface area contributed by atoms with Gasteiger partial charge in [-0.05, 0) is 42.2 Å². The summed E-state index contributed by atoms with van der Waals surface area (Å²) in [5.41, 5.74) is 9.29. The van der Waals surface area contributed by atoms with Gasteiger partial charge in [-0.15, -0.1) is 0 Å². The smallest absolute Gasteiger partial charge is 0.253 e. The van der Waals surface area contributed by atoms with Crippen molar-refractivity contribution in [3.05, 3.63) is 89.7 Å². The Balaban J connectivity index is 1.34. The monoisotopic (exact) mass is 414 g/mol. The normalized spacial score (nSPS) is 14.8. The van der Waals surface area contributed by atoms with Crippen LogP contribution in [0.2, 0.25) is 0 Å². The lowest BCUT2D eigenvalue weighted by Crippen LogP contribution is -2.44. The minimum atomic E-state index is -0.465. The summed E-state index contributed by atoms with van der Waals surface area (Å²) in [5.74, 6) is -0.572. The number of nitrogens with two attached hydrogens (primary N) is 1. The van der Waals surface area contributed by atoms with Gasteiger partial charge in [-0.2, -0.15) is 0 Å². The van der Waals surface area contributed by atoms with Crippen LogP contribution in [0.25, 0.3) is 11.1 Å². The van der Waals surface area contributed by atoms with E-state index in [0.717, 1.165) is 43.6 Å². The number of rotatable bonds is 6. The van der Waals surface area contributed by atoms with Crippen LogP contribution in [0.3, 0.4) is 0 Å². The second-order valence-electron chi connectivity index (χ2n) is 7.91.